The van der Waals surface area contributed by atoms with E-state index in [1.807, 2.05) is 18.2 Å². The third-order valence-corrected chi connectivity index (χ3v) is 3.95. The molecule has 0 fully saturated rings. The molecule has 2 aromatic heterocycles. The number of benzene rings is 1. The van der Waals surface area contributed by atoms with Crippen LogP contribution in [-0.4, -0.2) is 39.0 Å². The number of nitrogens with zero attached hydrogens (tertiary/aromatic N) is 3. The number of hydrogen-bond donors (Lipinski definition) is 2. The van der Waals surface area contributed by atoms with Crippen molar-refractivity contribution in [1.82, 2.24) is 20.2 Å². The summed E-state index contributed by atoms with van der Waals surface area (Å²) in [6, 6.07) is 7.37. The highest BCUT2D eigenvalue weighted by atomic mass is 35.5. The van der Waals surface area contributed by atoms with Crippen molar-refractivity contribution in [2.75, 3.05) is 18.2 Å². The number of carbonyl (C=O) groups excluding carboxylic acids is 1. The van der Waals surface area contributed by atoms with Gasteiger partial charge in [-0.1, -0.05) is 23.4 Å². The summed E-state index contributed by atoms with van der Waals surface area (Å²) in [5, 5.41) is 11.7. The molecule has 0 saturated heterocycles. The minimum Gasteiger partial charge on any atom is -0.468 e. The van der Waals surface area contributed by atoms with Crippen molar-refractivity contribution < 1.29 is 9.53 Å². The fraction of sp³-hybridized carbons (Fsp3) is 0.143. The molecule has 0 unspecified atom stereocenters. The Hall–Kier alpha value is -2.32. The maximum Gasteiger partial charge on any atom is 0.316 e. The van der Waals surface area contributed by atoms with Crippen molar-refractivity contribution >= 4 is 51.7 Å². The van der Waals surface area contributed by atoms with Gasteiger partial charge in [0.05, 0.1) is 24.6 Å². The first kappa shape index (κ1) is 15.6. The number of ether oxygens (including phenoxy) is 1. The summed E-state index contributed by atoms with van der Waals surface area (Å²) >= 11 is 7.17. The Balaban J connectivity index is 1.78. The highest BCUT2D eigenvalue weighted by Crippen LogP contribution is 2.24. The number of aromatic amines is 1. The van der Waals surface area contributed by atoms with Crippen LogP contribution in [0, 0.1) is 0 Å². The molecule has 0 bridgehead atoms. The highest BCUT2D eigenvalue weighted by molar-refractivity contribution is 7.99. The van der Waals surface area contributed by atoms with Crippen molar-refractivity contribution in [1.29, 1.82) is 0 Å². The Bertz CT molecular complexity index is 854. The Morgan fingerprint density at radius 3 is 3.09 bits per heavy atom. The summed E-state index contributed by atoms with van der Waals surface area (Å²) in [5.41, 5.74) is 1.79. The fourth-order valence-electron chi connectivity index (χ4n) is 1.88. The van der Waals surface area contributed by atoms with Crippen LogP contribution in [0.2, 0.25) is 5.15 Å². The summed E-state index contributed by atoms with van der Waals surface area (Å²) < 4.78 is 4.59. The molecule has 0 spiro atoms. The lowest BCUT2D eigenvalue weighted by Crippen LogP contribution is -2.04. The molecule has 7 nitrogen and oxygen atoms in total. The molecular weight excluding hydrogens is 338 g/mol. The number of carbonyl (C=O) groups is 1. The number of anilines is 2. The van der Waals surface area contributed by atoms with Crippen LogP contribution in [-0.2, 0) is 9.53 Å². The molecule has 3 aromatic rings. The molecule has 118 valence electrons. The van der Waals surface area contributed by atoms with E-state index in [4.69, 9.17) is 11.6 Å². The number of aromatic nitrogens is 4. The molecule has 2 heterocycles. The standard InChI is InChI=1S/C14H12ClN5O2S/c1-22-13(21)7-23-14-18-11(15)5-12(19-14)17-9-2-3-10-8(4-9)6-16-20-10/h2-6H,7H2,1H3,(H,16,20)(H,17,18,19). The van der Waals surface area contributed by atoms with Gasteiger partial charge in [-0.3, -0.25) is 9.89 Å². The van der Waals surface area contributed by atoms with Crippen LogP contribution < -0.4 is 5.32 Å². The van der Waals surface area contributed by atoms with E-state index in [9.17, 15) is 4.79 Å². The lowest BCUT2D eigenvalue weighted by molar-refractivity contribution is -0.137. The molecule has 2 N–H and O–H groups in total. The van der Waals surface area contributed by atoms with Gasteiger partial charge in [0.15, 0.2) is 5.16 Å². The minimum absolute atomic E-state index is 0.122. The van der Waals surface area contributed by atoms with Crippen molar-refractivity contribution in [3.8, 4) is 0 Å². The largest absolute Gasteiger partial charge is 0.468 e. The number of hydrogen-bond acceptors (Lipinski definition) is 7. The topological polar surface area (TPSA) is 92.8 Å². The molecule has 0 atom stereocenters. The van der Waals surface area contributed by atoms with E-state index in [0.29, 0.717) is 16.1 Å². The number of halogens is 1. The van der Waals surface area contributed by atoms with Crippen LogP contribution >= 0.6 is 23.4 Å². The Morgan fingerprint density at radius 2 is 2.26 bits per heavy atom. The van der Waals surface area contributed by atoms with Gasteiger partial charge in [0.2, 0.25) is 0 Å². The molecule has 0 amide bonds. The van der Waals surface area contributed by atoms with E-state index in [0.717, 1.165) is 28.4 Å². The second kappa shape index (κ2) is 6.84. The maximum atomic E-state index is 11.2. The summed E-state index contributed by atoms with van der Waals surface area (Å²) in [5.74, 6) is 0.316. The molecule has 0 radical (unpaired) electrons. The highest BCUT2D eigenvalue weighted by Gasteiger charge is 2.08. The fourth-order valence-corrected chi connectivity index (χ4v) is 2.80. The smallest absolute Gasteiger partial charge is 0.316 e. The Morgan fingerprint density at radius 1 is 1.39 bits per heavy atom. The Labute approximate surface area is 140 Å². The molecule has 9 heteroatoms. The third kappa shape index (κ3) is 3.91. The monoisotopic (exact) mass is 349 g/mol. The van der Waals surface area contributed by atoms with E-state index >= 15 is 0 Å². The third-order valence-electron chi connectivity index (χ3n) is 2.93. The normalized spacial score (nSPS) is 10.7. The summed E-state index contributed by atoms with van der Waals surface area (Å²) in [4.78, 5) is 19.6. The lowest BCUT2D eigenvalue weighted by Gasteiger charge is -2.07. The number of nitrogens with one attached hydrogen (secondary N) is 2. The zero-order valence-electron chi connectivity index (χ0n) is 12.0. The molecule has 0 aliphatic heterocycles. The van der Waals surface area contributed by atoms with Gasteiger partial charge >= 0.3 is 5.97 Å². The van der Waals surface area contributed by atoms with E-state index in [2.05, 4.69) is 30.2 Å². The van der Waals surface area contributed by atoms with Gasteiger partial charge in [-0.05, 0) is 18.2 Å². The molecule has 3 rings (SSSR count). The molecule has 0 aliphatic carbocycles. The first-order valence-corrected chi connectivity index (χ1v) is 7.95. The molecule has 23 heavy (non-hydrogen) atoms. The summed E-state index contributed by atoms with van der Waals surface area (Å²) in [7, 11) is 1.33. The molecule has 0 aliphatic rings. The number of thioether (sulfide) groups is 1. The van der Waals surface area contributed by atoms with E-state index in [1.54, 1.807) is 12.3 Å². The van der Waals surface area contributed by atoms with Crippen LogP contribution in [0.15, 0.2) is 35.6 Å². The van der Waals surface area contributed by atoms with Crippen LogP contribution in [0.5, 0.6) is 0 Å². The van der Waals surface area contributed by atoms with E-state index in [-0.39, 0.29) is 11.7 Å². The van der Waals surface area contributed by atoms with Crippen molar-refractivity contribution in [3.05, 3.63) is 35.6 Å². The second-order valence-electron chi connectivity index (χ2n) is 4.52. The van der Waals surface area contributed by atoms with E-state index in [1.165, 1.54) is 7.11 Å². The van der Waals surface area contributed by atoms with Gasteiger partial charge in [0.1, 0.15) is 11.0 Å². The second-order valence-corrected chi connectivity index (χ2v) is 5.85. The van der Waals surface area contributed by atoms with Gasteiger partial charge < -0.3 is 10.1 Å². The maximum absolute atomic E-state index is 11.2. The van der Waals surface area contributed by atoms with Crippen LogP contribution in [0.3, 0.4) is 0 Å². The van der Waals surface area contributed by atoms with E-state index < -0.39 is 0 Å². The number of rotatable bonds is 5. The Kier molecular flexibility index (Phi) is 4.63. The van der Waals surface area contributed by atoms with Crippen molar-refractivity contribution in [2.45, 2.75) is 5.16 Å². The summed E-state index contributed by atoms with van der Waals surface area (Å²) in [6.07, 6.45) is 1.74. The average Bonchev–Trinajstić information content (AvgIpc) is 2.99. The number of fused-ring (bicyclic) bond motifs is 1. The number of methoxy groups -OCH3 is 1. The number of esters is 1. The van der Waals surface area contributed by atoms with Crippen molar-refractivity contribution in [3.63, 3.8) is 0 Å². The zero-order valence-corrected chi connectivity index (χ0v) is 13.6. The predicted molar refractivity (Wildman–Crippen MR) is 89.2 cm³/mol. The first-order valence-electron chi connectivity index (χ1n) is 6.58. The van der Waals surface area contributed by atoms with Gasteiger partial charge in [-0.15, -0.1) is 0 Å². The lowest BCUT2D eigenvalue weighted by atomic mass is 10.2. The zero-order chi connectivity index (χ0) is 16.2. The predicted octanol–water partition coefficient (Wildman–Crippen LogP) is 3.01. The van der Waals surface area contributed by atoms with Gasteiger partial charge in [0, 0.05) is 17.1 Å². The van der Waals surface area contributed by atoms with Gasteiger partial charge in [-0.2, -0.15) is 5.10 Å². The molecule has 0 saturated carbocycles. The SMILES string of the molecule is COC(=O)CSc1nc(Cl)cc(Nc2ccc3[nH]ncc3c2)n1. The van der Waals surface area contributed by atoms with Gasteiger partial charge in [-0.25, -0.2) is 9.97 Å². The quantitative estimate of drug-likeness (QED) is 0.316. The summed E-state index contributed by atoms with van der Waals surface area (Å²) in [6.45, 7) is 0. The van der Waals surface area contributed by atoms with Crippen LogP contribution in [0.4, 0.5) is 11.5 Å². The first-order chi connectivity index (χ1) is 11.1. The van der Waals surface area contributed by atoms with Crippen molar-refractivity contribution in [2.24, 2.45) is 0 Å². The van der Waals surface area contributed by atoms with Crippen LogP contribution in [0.25, 0.3) is 10.9 Å². The average molecular weight is 350 g/mol. The molecular formula is C14H12ClN5O2S. The number of H-pyrrole nitrogens is 1. The molecule has 1 aromatic carbocycles. The van der Waals surface area contributed by atoms with Gasteiger partial charge in [0.25, 0.3) is 0 Å². The minimum atomic E-state index is -0.349. The van der Waals surface area contributed by atoms with Crippen LogP contribution in [0.1, 0.15) is 0 Å².